The molecular formula is C20H17F2NO. The van der Waals surface area contributed by atoms with Crippen LogP contribution in [0.15, 0.2) is 54.6 Å². The molecule has 0 radical (unpaired) electrons. The molecule has 122 valence electrons. The van der Waals surface area contributed by atoms with E-state index in [-0.39, 0.29) is 17.4 Å². The second-order valence-corrected chi connectivity index (χ2v) is 5.83. The lowest BCUT2D eigenvalue weighted by atomic mass is 10.1. The number of hydrogen-bond donors (Lipinski definition) is 0. The molecule has 3 aromatic rings. The zero-order valence-electron chi connectivity index (χ0n) is 13.5. The molecule has 1 aromatic heterocycles. The second kappa shape index (κ2) is 6.40. The molecule has 4 heteroatoms. The number of carbonyl (C=O) groups is 1. The standard InChI is InChI=1S/C20H17F2NO/c1-13-11-17(12-15-5-3-4-6-18(15)22)23(2)19(13)20(24)14-7-9-16(21)10-8-14/h3-11H,12H2,1-2H3. The van der Waals surface area contributed by atoms with Crippen molar-refractivity contribution in [2.24, 2.45) is 7.05 Å². The summed E-state index contributed by atoms with van der Waals surface area (Å²) in [5.41, 5.74) is 3.21. The van der Waals surface area contributed by atoms with E-state index in [4.69, 9.17) is 0 Å². The number of aromatic nitrogens is 1. The van der Waals surface area contributed by atoms with Crippen molar-refractivity contribution in [2.45, 2.75) is 13.3 Å². The Morgan fingerprint density at radius 2 is 1.71 bits per heavy atom. The van der Waals surface area contributed by atoms with Gasteiger partial charge in [0.2, 0.25) is 5.78 Å². The number of rotatable bonds is 4. The highest BCUT2D eigenvalue weighted by molar-refractivity contribution is 6.09. The first-order valence-corrected chi connectivity index (χ1v) is 7.66. The smallest absolute Gasteiger partial charge is 0.209 e. The van der Waals surface area contributed by atoms with Crippen LogP contribution < -0.4 is 0 Å². The van der Waals surface area contributed by atoms with Crippen molar-refractivity contribution >= 4 is 5.78 Å². The molecule has 2 aromatic carbocycles. The largest absolute Gasteiger partial charge is 0.344 e. The van der Waals surface area contributed by atoms with Gasteiger partial charge in [0.25, 0.3) is 0 Å². The van der Waals surface area contributed by atoms with E-state index in [1.165, 1.54) is 30.3 Å². The van der Waals surface area contributed by atoms with E-state index in [0.717, 1.165) is 11.3 Å². The number of carbonyl (C=O) groups excluding carboxylic acids is 1. The Morgan fingerprint density at radius 1 is 1.04 bits per heavy atom. The molecule has 0 spiro atoms. The molecule has 0 saturated heterocycles. The van der Waals surface area contributed by atoms with Crippen LogP contribution in [0.3, 0.4) is 0 Å². The molecule has 0 aliphatic heterocycles. The number of halogens is 2. The summed E-state index contributed by atoms with van der Waals surface area (Å²) in [6.45, 7) is 1.85. The maximum atomic E-state index is 13.9. The van der Waals surface area contributed by atoms with Gasteiger partial charge in [-0.15, -0.1) is 0 Å². The van der Waals surface area contributed by atoms with Gasteiger partial charge in [0.15, 0.2) is 0 Å². The first-order valence-electron chi connectivity index (χ1n) is 7.66. The Kier molecular flexibility index (Phi) is 4.30. The van der Waals surface area contributed by atoms with Gasteiger partial charge >= 0.3 is 0 Å². The van der Waals surface area contributed by atoms with Crippen LogP contribution >= 0.6 is 0 Å². The third-order valence-electron chi connectivity index (χ3n) is 4.17. The first kappa shape index (κ1) is 16.1. The molecule has 3 rings (SSSR count). The summed E-state index contributed by atoms with van der Waals surface area (Å²) < 4.78 is 28.7. The normalized spacial score (nSPS) is 10.8. The van der Waals surface area contributed by atoms with Crippen LogP contribution in [0.2, 0.25) is 0 Å². The Morgan fingerprint density at radius 3 is 2.38 bits per heavy atom. The molecule has 24 heavy (non-hydrogen) atoms. The van der Waals surface area contributed by atoms with Crippen LogP contribution in [-0.4, -0.2) is 10.4 Å². The fourth-order valence-corrected chi connectivity index (χ4v) is 2.90. The summed E-state index contributed by atoms with van der Waals surface area (Å²) in [4.78, 5) is 12.7. The third-order valence-corrected chi connectivity index (χ3v) is 4.17. The van der Waals surface area contributed by atoms with E-state index in [2.05, 4.69) is 0 Å². The van der Waals surface area contributed by atoms with Gasteiger partial charge in [0.05, 0.1) is 5.69 Å². The summed E-state index contributed by atoms with van der Waals surface area (Å²) in [5.74, 6) is -0.812. The fourth-order valence-electron chi connectivity index (χ4n) is 2.90. The molecule has 2 nitrogen and oxygen atoms in total. The number of ketones is 1. The van der Waals surface area contributed by atoms with Gasteiger partial charge in [-0.1, -0.05) is 18.2 Å². The molecule has 0 N–H and O–H groups in total. The average molecular weight is 325 g/mol. The summed E-state index contributed by atoms with van der Waals surface area (Å²) in [6, 6.07) is 14.0. The van der Waals surface area contributed by atoms with E-state index >= 15 is 0 Å². The van der Waals surface area contributed by atoms with Gasteiger partial charge in [0, 0.05) is 24.7 Å². The van der Waals surface area contributed by atoms with E-state index in [1.54, 1.807) is 29.8 Å². The summed E-state index contributed by atoms with van der Waals surface area (Å²) >= 11 is 0. The highest BCUT2D eigenvalue weighted by Crippen LogP contribution is 2.21. The molecular weight excluding hydrogens is 308 g/mol. The van der Waals surface area contributed by atoms with Crippen LogP contribution in [0.4, 0.5) is 8.78 Å². The van der Waals surface area contributed by atoms with Crippen molar-refractivity contribution in [3.8, 4) is 0 Å². The maximum Gasteiger partial charge on any atom is 0.209 e. The molecule has 0 unspecified atom stereocenters. The van der Waals surface area contributed by atoms with Gasteiger partial charge in [-0.05, 0) is 54.4 Å². The minimum Gasteiger partial charge on any atom is -0.344 e. The monoisotopic (exact) mass is 325 g/mol. The van der Waals surface area contributed by atoms with Crippen molar-refractivity contribution in [1.29, 1.82) is 0 Å². The van der Waals surface area contributed by atoms with Crippen molar-refractivity contribution in [1.82, 2.24) is 4.57 Å². The Hall–Kier alpha value is -2.75. The molecule has 0 aliphatic carbocycles. The number of benzene rings is 2. The van der Waals surface area contributed by atoms with Gasteiger partial charge in [-0.2, -0.15) is 0 Å². The van der Waals surface area contributed by atoms with E-state index in [0.29, 0.717) is 23.2 Å². The minimum atomic E-state index is -0.379. The molecule has 0 amide bonds. The number of hydrogen-bond acceptors (Lipinski definition) is 1. The molecule has 0 saturated carbocycles. The molecule has 0 aliphatic rings. The molecule has 0 fully saturated rings. The quantitative estimate of drug-likeness (QED) is 0.650. The topological polar surface area (TPSA) is 22.0 Å². The Balaban J connectivity index is 1.96. The zero-order chi connectivity index (χ0) is 17.3. The predicted molar refractivity (Wildman–Crippen MR) is 89.2 cm³/mol. The maximum absolute atomic E-state index is 13.9. The average Bonchev–Trinajstić information content (AvgIpc) is 2.84. The highest BCUT2D eigenvalue weighted by Gasteiger charge is 2.19. The van der Waals surface area contributed by atoms with Crippen molar-refractivity contribution in [3.63, 3.8) is 0 Å². The van der Waals surface area contributed by atoms with Gasteiger partial charge < -0.3 is 4.57 Å². The predicted octanol–water partition coefficient (Wildman–Crippen LogP) is 4.43. The van der Waals surface area contributed by atoms with Crippen LogP contribution in [0.25, 0.3) is 0 Å². The molecule has 0 atom stereocenters. The van der Waals surface area contributed by atoms with Gasteiger partial charge in [-0.25, -0.2) is 8.78 Å². The van der Waals surface area contributed by atoms with Crippen LogP contribution in [-0.2, 0) is 13.5 Å². The van der Waals surface area contributed by atoms with Crippen LogP contribution in [0.5, 0.6) is 0 Å². The summed E-state index contributed by atoms with van der Waals surface area (Å²) in [5, 5.41) is 0. The van der Waals surface area contributed by atoms with E-state index < -0.39 is 0 Å². The zero-order valence-corrected chi connectivity index (χ0v) is 13.5. The second-order valence-electron chi connectivity index (χ2n) is 5.83. The minimum absolute atomic E-state index is 0.171. The molecule has 0 bridgehead atoms. The third kappa shape index (κ3) is 3.00. The summed E-state index contributed by atoms with van der Waals surface area (Å²) in [7, 11) is 1.79. The van der Waals surface area contributed by atoms with Crippen molar-refractivity contribution in [3.05, 3.63) is 94.3 Å². The van der Waals surface area contributed by atoms with Gasteiger partial charge in [0.1, 0.15) is 11.6 Å². The number of nitrogens with zero attached hydrogens (tertiary/aromatic N) is 1. The SMILES string of the molecule is Cc1cc(Cc2ccccc2F)n(C)c1C(=O)c1ccc(F)cc1. The Labute approximate surface area is 139 Å². The fraction of sp³-hybridized carbons (Fsp3) is 0.150. The lowest BCUT2D eigenvalue weighted by Crippen LogP contribution is -2.11. The first-order chi connectivity index (χ1) is 11.5. The highest BCUT2D eigenvalue weighted by atomic mass is 19.1. The van der Waals surface area contributed by atoms with Gasteiger partial charge in [-0.3, -0.25) is 4.79 Å². The van der Waals surface area contributed by atoms with Crippen LogP contribution in [0, 0.1) is 18.6 Å². The lowest BCUT2D eigenvalue weighted by Gasteiger charge is -2.09. The van der Waals surface area contributed by atoms with E-state index in [9.17, 15) is 13.6 Å². The Bertz CT molecular complexity index is 895. The summed E-state index contributed by atoms with van der Waals surface area (Å²) in [6.07, 6.45) is 0.403. The lowest BCUT2D eigenvalue weighted by molar-refractivity contribution is 0.103. The van der Waals surface area contributed by atoms with Crippen LogP contribution in [0.1, 0.15) is 32.9 Å². The van der Waals surface area contributed by atoms with Crippen molar-refractivity contribution in [2.75, 3.05) is 0 Å². The van der Waals surface area contributed by atoms with E-state index in [1.807, 2.05) is 13.0 Å². The molecule has 1 heterocycles. The number of aryl methyl sites for hydroxylation is 1. The van der Waals surface area contributed by atoms with Crippen molar-refractivity contribution < 1.29 is 13.6 Å².